The van der Waals surface area contributed by atoms with Crippen LogP contribution in [0.5, 0.6) is 5.88 Å². The van der Waals surface area contributed by atoms with Gasteiger partial charge in [0.1, 0.15) is 0 Å². The van der Waals surface area contributed by atoms with Gasteiger partial charge in [0.05, 0.1) is 13.7 Å². The first-order chi connectivity index (χ1) is 10.7. The molecule has 5 nitrogen and oxygen atoms in total. The Kier molecular flexibility index (Phi) is 6.21. The summed E-state index contributed by atoms with van der Waals surface area (Å²) in [6.45, 7) is 3.62. The minimum absolute atomic E-state index is 0.621. The third-order valence-corrected chi connectivity index (χ3v) is 4.42. The number of aromatic nitrogens is 1. The molecule has 0 aromatic carbocycles. The van der Waals surface area contributed by atoms with E-state index in [4.69, 9.17) is 4.74 Å². The topological polar surface area (TPSA) is 58.5 Å². The molecule has 0 aliphatic heterocycles. The zero-order chi connectivity index (χ0) is 15.8. The highest BCUT2D eigenvalue weighted by Gasteiger charge is 2.02. The number of guanidine groups is 1. The van der Waals surface area contributed by atoms with Gasteiger partial charge in [-0.2, -0.15) is 0 Å². The molecule has 2 aromatic rings. The van der Waals surface area contributed by atoms with Gasteiger partial charge < -0.3 is 15.4 Å². The van der Waals surface area contributed by atoms with E-state index in [-0.39, 0.29) is 0 Å². The second kappa shape index (κ2) is 8.38. The lowest BCUT2D eigenvalue weighted by molar-refractivity contribution is 0.397. The Balaban J connectivity index is 1.81. The highest BCUT2D eigenvalue weighted by molar-refractivity contribution is 7.11. The molecule has 6 heteroatoms. The van der Waals surface area contributed by atoms with Crippen LogP contribution in [0.1, 0.15) is 22.2 Å². The van der Waals surface area contributed by atoms with E-state index in [1.807, 2.05) is 23.5 Å². The quantitative estimate of drug-likeness (QED) is 0.635. The highest BCUT2D eigenvalue weighted by Crippen LogP contribution is 2.16. The van der Waals surface area contributed by atoms with Crippen molar-refractivity contribution in [1.29, 1.82) is 0 Å². The van der Waals surface area contributed by atoms with E-state index in [9.17, 15) is 0 Å². The Morgan fingerprint density at radius 2 is 1.95 bits per heavy atom. The number of thiophene rings is 1. The van der Waals surface area contributed by atoms with Crippen molar-refractivity contribution in [3.8, 4) is 5.88 Å². The van der Waals surface area contributed by atoms with Crippen molar-refractivity contribution < 1.29 is 4.74 Å². The molecule has 0 saturated carbocycles. The molecule has 0 fully saturated rings. The summed E-state index contributed by atoms with van der Waals surface area (Å²) in [6.07, 6.45) is 2.88. The number of nitrogens with one attached hydrogen (secondary N) is 2. The number of nitrogens with zero attached hydrogens (tertiary/aromatic N) is 2. The van der Waals surface area contributed by atoms with Gasteiger partial charge in [-0.15, -0.1) is 11.3 Å². The van der Waals surface area contributed by atoms with E-state index in [1.165, 1.54) is 9.75 Å². The van der Waals surface area contributed by atoms with Gasteiger partial charge in [-0.1, -0.05) is 13.0 Å². The molecule has 2 aromatic heterocycles. The number of ether oxygens (including phenoxy) is 1. The number of aliphatic imine (C=N–C) groups is 1. The molecular formula is C16H22N4OS. The van der Waals surface area contributed by atoms with Crippen LogP contribution in [0.3, 0.4) is 0 Å². The fraction of sp³-hybridized carbons (Fsp3) is 0.375. The van der Waals surface area contributed by atoms with Crippen molar-refractivity contribution in [3.63, 3.8) is 0 Å². The summed E-state index contributed by atoms with van der Waals surface area (Å²) in [6, 6.07) is 8.18. The van der Waals surface area contributed by atoms with Crippen molar-refractivity contribution in [2.75, 3.05) is 14.2 Å². The summed E-state index contributed by atoms with van der Waals surface area (Å²) in [5.74, 6) is 1.40. The Bertz CT molecular complexity index is 607. The number of hydrogen-bond donors (Lipinski definition) is 2. The molecule has 0 amide bonds. The van der Waals surface area contributed by atoms with E-state index in [0.29, 0.717) is 12.4 Å². The normalized spacial score (nSPS) is 11.3. The molecule has 0 radical (unpaired) electrons. The van der Waals surface area contributed by atoms with Gasteiger partial charge in [0.2, 0.25) is 5.88 Å². The summed E-state index contributed by atoms with van der Waals surface area (Å²) >= 11 is 1.83. The zero-order valence-electron chi connectivity index (χ0n) is 13.2. The first-order valence-electron chi connectivity index (χ1n) is 7.26. The average Bonchev–Trinajstić information content (AvgIpc) is 3.03. The SMILES string of the molecule is CCc1ccc(CNC(=NC)NCc2ccc(OC)nc2)s1. The number of methoxy groups -OCH3 is 1. The summed E-state index contributed by atoms with van der Waals surface area (Å²) in [5.41, 5.74) is 1.08. The molecule has 0 spiro atoms. The first-order valence-corrected chi connectivity index (χ1v) is 8.07. The highest BCUT2D eigenvalue weighted by atomic mass is 32.1. The summed E-state index contributed by atoms with van der Waals surface area (Å²) in [5, 5.41) is 6.60. The predicted octanol–water partition coefficient (Wildman–Crippen LogP) is 2.58. The smallest absolute Gasteiger partial charge is 0.212 e. The van der Waals surface area contributed by atoms with Crippen LogP contribution in [0.15, 0.2) is 35.5 Å². The van der Waals surface area contributed by atoms with Crippen molar-refractivity contribution in [2.45, 2.75) is 26.4 Å². The van der Waals surface area contributed by atoms with Crippen molar-refractivity contribution in [2.24, 2.45) is 4.99 Å². The maximum absolute atomic E-state index is 5.05. The number of aryl methyl sites for hydroxylation is 1. The second-order valence-electron chi connectivity index (χ2n) is 4.71. The lowest BCUT2D eigenvalue weighted by atomic mass is 10.3. The monoisotopic (exact) mass is 318 g/mol. The molecule has 2 rings (SSSR count). The minimum Gasteiger partial charge on any atom is -0.481 e. The standard InChI is InChI=1S/C16H22N4OS/c1-4-13-6-7-14(22-13)11-20-16(17-2)19-10-12-5-8-15(21-3)18-9-12/h5-9H,4,10-11H2,1-3H3,(H2,17,19,20). The van der Waals surface area contributed by atoms with E-state index < -0.39 is 0 Å². The Hall–Kier alpha value is -2.08. The van der Waals surface area contributed by atoms with Crippen LogP contribution in [0.2, 0.25) is 0 Å². The first kappa shape index (κ1) is 16.3. The number of pyridine rings is 1. The van der Waals surface area contributed by atoms with Crippen LogP contribution in [-0.2, 0) is 19.5 Å². The Morgan fingerprint density at radius 1 is 1.18 bits per heavy atom. The maximum Gasteiger partial charge on any atom is 0.212 e. The maximum atomic E-state index is 5.05. The molecule has 2 heterocycles. The van der Waals surface area contributed by atoms with Gasteiger partial charge in [-0.05, 0) is 24.1 Å². The summed E-state index contributed by atoms with van der Waals surface area (Å²) in [7, 11) is 3.38. The van der Waals surface area contributed by atoms with Gasteiger partial charge in [0.25, 0.3) is 0 Å². The fourth-order valence-electron chi connectivity index (χ4n) is 1.92. The number of rotatable bonds is 6. The molecule has 0 unspecified atom stereocenters. The third-order valence-electron chi connectivity index (χ3n) is 3.19. The third kappa shape index (κ3) is 4.73. The van der Waals surface area contributed by atoms with E-state index >= 15 is 0 Å². The van der Waals surface area contributed by atoms with Gasteiger partial charge >= 0.3 is 0 Å². The summed E-state index contributed by atoms with van der Waals surface area (Å²) < 4.78 is 5.05. The second-order valence-corrected chi connectivity index (χ2v) is 5.96. The Morgan fingerprint density at radius 3 is 2.55 bits per heavy atom. The number of hydrogen-bond acceptors (Lipinski definition) is 4. The van der Waals surface area contributed by atoms with Crippen molar-refractivity contribution in [1.82, 2.24) is 15.6 Å². The molecular weight excluding hydrogens is 296 g/mol. The van der Waals surface area contributed by atoms with Crippen LogP contribution < -0.4 is 15.4 Å². The predicted molar refractivity (Wildman–Crippen MR) is 91.5 cm³/mol. The molecule has 0 aliphatic rings. The van der Waals surface area contributed by atoms with E-state index in [2.05, 4.69) is 39.7 Å². The van der Waals surface area contributed by atoms with E-state index in [0.717, 1.165) is 24.5 Å². The summed E-state index contributed by atoms with van der Waals surface area (Å²) in [4.78, 5) is 11.1. The van der Waals surface area contributed by atoms with Crippen LogP contribution in [-0.4, -0.2) is 25.1 Å². The van der Waals surface area contributed by atoms with Gasteiger partial charge in [-0.3, -0.25) is 4.99 Å². The van der Waals surface area contributed by atoms with Gasteiger partial charge in [-0.25, -0.2) is 4.98 Å². The van der Waals surface area contributed by atoms with Crippen molar-refractivity contribution >= 4 is 17.3 Å². The van der Waals surface area contributed by atoms with E-state index in [1.54, 1.807) is 20.4 Å². The lowest BCUT2D eigenvalue weighted by Crippen LogP contribution is -2.36. The van der Waals surface area contributed by atoms with Crippen LogP contribution in [0.4, 0.5) is 0 Å². The van der Waals surface area contributed by atoms with Crippen molar-refractivity contribution in [3.05, 3.63) is 45.8 Å². The molecule has 118 valence electrons. The molecule has 0 atom stereocenters. The fourth-order valence-corrected chi connectivity index (χ4v) is 2.82. The molecule has 0 saturated heterocycles. The lowest BCUT2D eigenvalue weighted by Gasteiger charge is -2.11. The molecule has 0 aliphatic carbocycles. The Labute approximate surface area is 135 Å². The van der Waals surface area contributed by atoms with Crippen LogP contribution in [0.25, 0.3) is 0 Å². The van der Waals surface area contributed by atoms with Gasteiger partial charge in [0.15, 0.2) is 5.96 Å². The largest absolute Gasteiger partial charge is 0.481 e. The van der Waals surface area contributed by atoms with Crippen LogP contribution >= 0.6 is 11.3 Å². The minimum atomic E-state index is 0.621. The average molecular weight is 318 g/mol. The molecule has 0 bridgehead atoms. The molecule has 22 heavy (non-hydrogen) atoms. The van der Waals surface area contributed by atoms with Crippen LogP contribution in [0, 0.1) is 0 Å². The van der Waals surface area contributed by atoms with Gasteiger partial charge in [0, 0.05) is 35.6 Å². The molecule has 2 N–H and O–H groups in total. The zero-order valence-corrected chi connectivity index (χ0v) is 14.0.